The van der Waals surface area contributed by atoms with E-state index in [0.717, 1.165) is 25.7 Å². The zero-order chi connectivity index (χ0) is 13.9. The van der Waals surface area contributed by atoms with E-state index in [1.54, 1.807) is 24.3 Å². The zero-order valence-corrected chi connectivity index (χ0v) is 11.8. The van der Waals surface area contributed by atoms with Crippen molar-refractivity contribution in [2.24, 2.45) is 0 Å². The number of hydrogen-bond donors (Lipinski definition) is 3. The number of aliphatic hydroxyl groups is 1. The van der Waals surface area contributed by atoms with E-state index in [9.17, 15) is 13.5 Å². The van der Waals surface area contributed by atoms with Gasteiger partial charge >= 0.3 is 0 Å². The molecule has 6 heteroatoms. The van der Waals surface area contributed by atoms with Crippen LogP contribution in [0.2, 0.25) is 0 Å². The largest absolute Gasteiger partial charge is 0.388 e. The third-order valence-corrected chi connectivity index (χ3v) is 5.06. The Morgan fingerprint density at radius 3 is 2.53 bits per heavy atom. The first-order valence-electron chi connectivity index (χ1n) is 6.46. The molecule has 1 aromatic carbocycles. The smallest absolute Gasteiger partial charge is 0.242 e. The Kier molecular flexibility index (Phi) is 4.13. The van der Waals surface area contributed by atoms with E-state index < -0.39 is 15.6 Å². The molecule has 0 heterocycles. The minimum absolute atomic E-state index is 0.207. The number of rotatable bonds is 5. The highest BCUT2D eigenvalue weighted by Gasteiger charge is 2.31. The van der Waals surface area contributed by atoms with Gasteiger partial charge in [-0.3, -0.25) is 0 Å². The lowest BCUT2D eigenvalue weighted by atomic mass is 10.0. The maximum absolute atomic E-state index is 11.9. The molecule has 0 bridgehead atoms. The molecule has 1 aromatic rings. The van der Waals surface area contributed by atoms with Crippen molar-refractivity contribution in [1.29, 1.82) is 0 Å². The molecule has 0 aromatic heterocycles. The molecule has 0 amide bonds. The van der Waals surface area contributed by atoms with Gasteiger partial charge in [0.1, 0.15) is 4.90 Å². The van der Waals surface area contributed by atoms with Crippen LogP contribution in [0.3, 0.4) is 0 Å². The Labute approximate surface area is 114 Å². The first-order chi connectivity index (χ1) is 8.97. The van der Waals surface area contributed by atoms with Crippen molar-refractivity contribution in [3.8, 4) is 0 Å². The van der Waals surface area contributed by atoms with Gasteiger partial charge in [-0.15, -0.1) is 0 Å². The Morgan fingerprint density at radius 2 is 1.89 bits per heavy atom. The van der Waals surface area contributed by atoms with Gasteiger partial charge in [0.15, 0.2) is 0 Å². The SMILES string of the molecule is CNS(=O)(=O)c1ccccc1NCC1(O)CCCC1. The molecule has 1 aliphatic rings. The quantitative estimate of drug-likeness (QED) is 0.762. The predicted octanol–water partition coefficient (Wildman–Crippen LogP) is 1.31. The fourth-order valence-electron chi connectivity index (χ4n) is 2.43. The average Bonchev–Trinajstić information content (AvgIpc) is 2.84. The summed E-state index contributed by atoms with van der Waals surface area (Å²) >= 11 is 0. The monoisotopic (exact) mass is 284 g/mol. The van der Waals surface area contributed by atoms with Crippen molar-refractivity contribution in [3.05, 3.63) is 24.3 Å². The zero-order valence-electron chi connectivity index (χ0n) is 11.0. The third kappa shape index (κ3) is 3.26. The summed E-state index contributed by atoms with van der Waals surface area (Å²) in [6, 6.07) is 6.71. The molecular formula is C13H20N2O3S. The van der Waals surface area contributed by atoms with Crippen LogP contribution in [0, 0.1) is 0 Å². The second-order valence-electron chi connectivity index (χ2n) is 4.99. The number of para-hydroxylation sites is 1. The van der Waals surface area contributed by atoms with Crippen LogP contribution in [0.5, 0.6) is 0 Å². The van der Waals surface area contributed by atoms with E-state index in [1.165, 1.54) is 7.05 Å². The summed E-state index contributed by atoms with van der Waals surface area (Å²) in [5.74, 6) is 0. The van der Waals surface area contributed by atoms with Gasteiger partial charge in [-0.05, 0) is 32.0 Å². The van der Waals surface area contributed by atoms with E-state index in [4.69, 9.17) is 0 Å². The van der Waals surface area contributed by atoms with Crippen LogP contribution in [0.25, 0.3) is 0 Å². The number of anilines is 1. The third-order valence-electron chi connectivity index (χ3n) is 3.59. The van der Waals surface area contributed by atoms with E-state index in [-0.39, 0.29) is 4.90 Å². The number of sulfonamides is 1. The van der Waals surface area contributed by atoms with Gasteiger partial charge in [0.2, 0.25) is 10.0 Å². The van der Waals surface area contributed by atoms with Crippen molar-refractivity contribution in [3.63, 3.8) is 0 Å². The molecule has 0 radical (unpaired) electrons. The van der Waals surface area contributed by atoms with Crippen molar-refractivity contribution in [2.75, 3.05) is 18.9 Å². The standard InChI is InChI=1S/C13H20N2O3S/c1-14-19(17,18)12-7-3-2-6-11(12)15-10-13(16)8-4-5-9-13/h2-3,6-7,14-16H,4-5,8-10H2,1H3. The van der Waals surface area contributed by atoms with Crippen LogP contribution >= 0.6 is 0 Å². The second-order valence-corrected chi connectivity index (χ2v) is 6.84. The van der Waals surface area contributed by atoms with Crippen LogP contribution in [-0.4, -0.2) is 32.7 Å². The summed E-state index contributed by atoms with van der Waals surface area (Å²) in [7, 11) is -2.10. The molecule has 0 aliphatic heterocycles. The molecule has 3 N–H and O–H groups in total. The molecule has 0 unspecified atom stereocenters. The number of benzene rings is 1. The first kappa shape index (κ1) is 14.3. The van der Waals surface area contributed by atoms with Crippen LogP contribution < -0.4 is 10.0 Å². The van der Waals surface area contributed by atoms with Crippen LogP contribution in [0.1, 0.15) is 25.7 Å². The second kappa shape index (κ2) is 5.48. The minimum Gasteiger partial charge on any atom is -0.388 e. The predicted molar refractivity (Wildman–Crippen MR) is 74.6 cm³/mol. The van der Waals surface area contributed by atoms with Crippen molar-refractivity contribution in [1.82, 2.24) is 4.72 Å². The Morgan fingerprint density at radius 1 is 1.26 bits per heavy atom. The van der Waals surface area contributed by atoms with E-state index in [0.29, 0.717) is 12.2 Å². The van der Waals surface area contributed by atoms with Gasteiger partial charge in [0, 0.05) is 6.54 Å². The van der Waals surface area contributed by atoms with E-state index in [1.807, 2.05) is 0 Å². The van der Waals surface area contributed by atoms with Gasteiger partial charge in [-0.2, -0.15) is 0 Å². The summed E-state index contributed by atoms with van der Waals surface area (Å²) in [4.78, 5) is 0.207. The molecule has 0 spiro atoms. The molecule has 1 saturated carbocycles. The minimum atomic E-state index is -3.49. The van der Waals surface area contributed by atoms with Crippen LogP contribution in [0.4, 0.5) is 5.69 Å². The van der Waals surface area contributed by atoms with Crippen molar-refractivity contribution >= 4 is 15.7 Å². The molecule has 1 aliphatic carbocycles. The average molecular weight is 284 g/mol. The van der Waals surface area contributed by atoms with Gasteiger partial charge in [-0.25, -0.2) is 13.1 Å². The summed E-state index contributed by atoms with van der Waals surface area (Å²) in [5.41, 5.74) is -0.187. The maximum atomic E-state index is 11.9. The maximum Gasteiger partial charge on any atom is 0.242 e. The van der Waals surface area contributed by atoms with Crippen molar-refractivity contribution in [2.45, 2.75) is 36.2 Å². The van der Waals surface area contributed by atoms with Gasteiger partial charge in [0.25, 0.3) is 0 Å². The Bertz CT molecular complexity index is 537. The molecule has 106 valence electrons. The molecule has 5 nitrogen and oxygen atoms in total. The molecule has 19 heavy (non-hydrogen) atoms. The molecule has 0 saturated heterocycles. The highest BCUT2D eigenvalue weighted by Crippen LogP contribution is 2.30. The lowest BCUT2D eigenvalue weighted by molar-refractivity contribution is 0.0614. The molecule has 1 fully saturated rings. The number of nitrogens with one attached hydrogen (secondary N) is 2. The fraction of sp³-hybridized carbons (Fsp3) is 0.538. The highest BCUT2D eigenvalue weighted by atomic mass is 32.2. The summed E-state index contributed by atoms with van der Waals surface area (Å²) in [5, 5.41) is 13.3. The van der Waals surface area contributed by atoms with E-state index >= 15 is 0 Å². The molecule has 2 rings (SSSR count). The Balaban J connectivity index is 2.17. The summed E-state index contributed by atoms with van der Waals surface area (Å²) < 4.78 is 26.1. The lowest BCUT2D eigenvalue weighted by Gasteiger charge is -2.23. The molecule has 0 atom stereocenters. The van der Waals surface area contributed by atoms with Gasteiger partial charge in [-0.1, -0.05) is 25.0 Å². The molecular weight excluding hydrogens is 264 g/mol. The fourth-order valence-corrected chi connectivity index (χ4v) is 3.33. The first-order valence-corrected chi connectivity index (χ1v) is 7.94. The van der Waals surface area contributed by atoms with E-state index in [2.05, 4.69) is 10.0 Å². The van der Waals surface area contributed by atoms with Crippen molar-refractivity contribution < 1.29 is 13.5 Å². The number of hydrogen-bond acceptors (Lipinski definition) is 4. The lowest BCUT2D eigenvalue weighted by Crippen LogP contribution is -2.34. The highest BCUT2D eigenvalue weighted by molar-refractivity contribution is 7.89. The Hall–Kier alpha value is -1.11. The topological polar surface area (TPSA) is 78.4 Å². The van der Waals surface area contributed by atoms with Gasteiger partial charge < -0.3 is 10.4 Å². The normalized spacial score (nSPS) is 18.4. The summed E-state index contributed by atoms with van der Waals surface area (Å²) in [6.45, 7) is 0.378. The van der Waals surface area contributed by atoms with Crippen LogP contribution in [0.15, 0.2) is 29.2 Å². The van der Waals surface area contributed by atoms with Gasteiger partial charge in [0.05, 0.1) is 11.3 Å². The van der Waals surface area contributed by atoms with Crippen LogP contribution in [-0.2, 0) is 10.0 Å². The summed E-state index contributed by atoms with van der Waals surface area (Å²) in [6.07, 6.45) is 3.57.